The molecule has 0 unspecified atom stereocenters. The molecule has 1 aromatic heterocycles. The molecule has 0 aliphatic rings. The molecule has 0 saturated heterocycles. The summed E-state index contributed by atoms with van der Waals surface area (Å²) in [4.78, 5) is 11.1. The molecule has 0 saturated carbocycles. The Morgan fingerprint density at radius 3 is 3.08 bits per heavy atom. The van der Waals surface area contributed by atoms with E-state index in [1.54, 1.807) is 0 Å². The number of hydrogen-bond acceptors (Lipinski definition) is 4. The number of nitrogens with zero attached hydrogens (tertiary/aromatic N) is 1. The van der Waals surface area contributed by atoms with Gasteiger partial charge in [0.2, 0.25) is 5.91 Å². The van der Waals surface area contributed by atoms with Gasteiger partial charge in [-0.15, -0.1) is 0 Å². The second kappa shape index (κ2) is 4.47. The van der Waals surface area contributed by atoms with E-state index in [4.69, 9.17) is 0 Å². The van der Waals surface area contributed by atoms with Crippen LogP contribution in [0, 0.1) is 6.92 Å². The number of aryl methyl sites for hydroxylation is 1. The van der Waals surface area contributed by atoms with E-state index in [0.29, 0.717) is 5.75 Å². The molecule has 0 aromatic carbocycles. The van der Waals surface area contributed by atoms with E-state index in [9.17, 15) is 4.79 Å². The zero-order valence-corrected chi connectivity index (χ0v) is 8.59. The van der Waals surface area contributed by atoms with Crippen LogP contribution in [0.25, 0.3) is 0 Å². The fourth-order valence-electron chi connectivity index (χ4n) is 0.727. The summed E-state index contributed by atoms with van der Waals surface area (Å²) < 4.78 is 4.05. The molecule has 5 heteroatoms. The van der Waals surface area contributed by atoms with Crippen molar-refractivity contribution in [1.82, 2.24) is 4.37 Å². The third-order valence-corrected chi connectivity index (χ3v) is 2.51. The van der Waals surface area contributed by atoms with Crippen LogP contribution in [0.1, 0.15) is 5.69 Å². The molecule has 3 nitrogen and oxygen atoms in total. The second-order valence-corrected chi connectivity index (χ2v) is 3.98. The number of carbonyl (C=O) groups excluding carboxylic acids is 1. The van der Waals surface area contributed by atoms with Gasteiger partial charge >= 0.3 is 0 Å². The van der Waals surface area contributed by atoms with Gasteiger partial charge in [-0.2, -0.15) is 16.1 Å². The number of amides is 1. The van der Waals surface area contributed by atoms with Crippen LogP contribution in [0.4, 0.5) is 5.00 Å². The lowest BCUT2D eigenvalue weighted by Crippen LogP contribution is -2.12. The van der Waals surface area contributed by atoms with Crippen molar-refractivity contribution in [3.63, 3.8) is 0 Å². The average molecular weight is 202 g/mol. The summed E-state index contributed by atoms with van der Waals surface area (Å²) in [7, 11) is 0. The van der Waals surface area contributed by atoms with Crippen LogP contribution in [0.3, 0.4) is 0 Å². The molecule has 1 N–H and O–H groups in total. The first-order chi connectivity index (χ1) is 5.72. The molecule has 0 radical (unpaired) electrons. The van der Waals surface area contributed by atoms with E-state index in [0.717, 1.165) is 10.7 Å². The molecule has 1 heterocycles. The van der Waals surface area contributed by atoms with Crippen molar-refractivity contribution in [3.8, 4) is 0 Å². The fourth-order valence-corrected chi connectivity index (χ4v) is 1.74. The van der Waals surface area contributed by atoms with Crippen LogP contribution >= 0.6 is 23.3 Å². The summed E-state index contributed by atoms with van der Waals surface area (Å²) in [5.41, 5.74) is 0.944. The third-order valence-electron chi connectivity index (χ3n) is 1.17. The van der Waals surface area contributed by atoms with Crippen molar-refractivity contribution >= 4 is 34.2 Å². The lowest BCUT2D eigenvalue weighted by Gasteiger charge is -1.97. The van der Waals surface area contributed by atoms with Gasteiger partial charge in [0.1, 0.15) is 5.00 Å². The van der Waals surface area contributed by atoms with Gasteiger partial charge in [0.05, 0.1) is 11.4 Å². The van der Waals surface area contributed by atoms with Crippen LogP contribution in [-0.4, -0.2) is 22.3 Å². The molecule has 1 amide bonds. The Hall–Kier alpha value is -0.550. The van der Waals surface area contributed by atoms with Crippen LogP contribution in [-0.2, 0) is 4.79 Å². The number of thioether (sulfide) groups is 1. The SMILES string of the molecule is CSCC(=O)Nc1cc(C)ns1. The van der Waals surface area contributed by atoms with E-state index in [-0.39, 0.29) is 5.91 Å². The zero-order valence-electron chi connectivity index (χ0n) is 6.96. The first-order valence-electron chi connectivity index (χ1n) is 3.44. The Balaban J connectivity index is 2.46. The highest BCUT2D eigenvalue weighted by Crippen LogP contribution is 2.15. The summed E-state index contributed by atoms with van der Waals surface area (Å²) in [6.07, 6.45) is 1.90. The summed E-state index contributed by atoms with van der Waals surface area (Å²) in [6, 6.07) is 1.86. The number of anilines is 1. The zero-order chi connectivity index (χ0) is 8.97. The minimum absolute atomic E-state index is 0.0335. The lowest BCUT2D eigenvalue weighted by molar-refractivity contribution is -0.113. The largest absolute Gasteiger partial charge is 0.316 e. The Morgan fingerprint density at radius 2 is 2.58 bits per heavy atom. The Morgan fingerprint density at radius 1 is 1.83 bits per heavy atom. The quantitative estimate of drug-likeness (QED) is 0.812. The van der Waals surface area contributed by atoms with Crippen LogP contribution < -0.4 is 5.32 Å². The highest BCUT2D eigenvalue weighted by molar-refractivity contribution is 7.99. The van der Waals surface area contributed by atoms with Crippen molar-refractivity contribution in [2.75, 3.05) is 17.3 Å². The van der Waals surface area contributed by atoms with E-state index in [1.165, 1.54) is 23.3 Å². The number of nitrogens with one attached hydrogen (secondary N) is 1. The standard InChI is InChI=1S/C7H10N2OS2/c1-5-3-7(12-9-5)8-6(10)4-11-2/h3H,4H2,1-2H3,(H,8,10). The summed E-state index contributed by atoms with van der Waals surface area (Å²) in [5.74, 6) is 0.530. The van der Waals surface area contributed by atoms with Crippen molar-refractivity contribution < 1.29 is 4.79 Å². The van der Waals surface area contributed by atoms with Gasteiger partial charge in [-0.05, 0) is 30.8 Å². The average Bonchev–Trinajstić information content (AvgIpc) is 2.36. The minimum Gasteiger partial charge on any atom is -0.316 e. The van der Waals surface area contributed by atoms with Crippen LogP contribution in [0.15, 0.2) is 6.07 Å². The number of carbonyl (C=O) groups is 1. The second-order valence-electron chi connectivity index (χ2n) is 2.31. The molecule has 0 fully saturated rings. The number of hydrogen-bond donors (Lipinski definition) is 1. The molecule has 0 spiro atoms. The highest BCUT2D eigenvalue weighted by Gasteiger charge is 2.02. The number of aromatic nitrogens is 1. The normalized spacial score (nSPS) is 9.83. The van der Waals surface area contributed by atoms with Crippen molar-refractivity contribution in [2.24, 2.45) is 0 Å². The minimum atomic E-state index is 0.0335. The molecule has 12 heavy (non-hydrogen) atoms. The smallest absolute Gasteiger partial charge is 0.234 e. The lowest BCUT2D eigenvalue weighted by atomic mass is 10.5. The molecular formula is C7H10N2OS2. The summed E-state index contributed by atoms with van der Waals surface area (Å²) >= 11 is 2.82. The maximum Gasteiger partial charge on any atom is 0.234 e. The predicted molar refractivity (Wildman–Crippen MR) is 53.9 cm³/mol. The van der Waals surface area contributed by atoms with Gasteiger partial charge < -0.3 is 5.32 Å². The molecule has 1 rings (SSSR count). The summed E-state index contributed by atoms with van der Waals surface area (Å²) in [6.45, 7) is 1.90. The van der Waals surface area contributed by atoms with Crippen molar-refractivity contribution in [2.45, 2.75) is 6.92 Å². The molecule has 0 bridgehead atoms. The van der Waals surface area contributed by atoms with Crippen molar-refractivity contribution in [1.29, 1.82) is 0 Å². The Bertz CT molecular complexity index is 272. The first kappa shape index (κ1) is 9.54. The summed E-state index contributed by atoms with van der Waals surface area (Å²) in [5, 5.41) is 3.59. The third kappa shape index (κ3) is 2.83. The predicted octanol–water partition coefficient (Wildman–Crippen LogP) is 1.75. The van der Waals surface area contributed by atoms with Crippen LogP contribution in [0.5, 0.6) is 0 Å². The topological polar surface area (TPSA) is 42.0 Å². The molecular weight excluding hydrogens is 192 g/mol. The van der Waals surface area contributed by atoms with Crippen molar-refractivity contribution in [3.05, 3.63) is 11.8 Å². The van der Waals surface area contributed by atoms with Gasteiger partial charge in [-0.3, -0.25) is 4.79 Å². The van der Waals surface area contributed by atoms with Gasteiger partial charge in [-0.25, -0.2) is 0 Å². The van der Waals surface area contributed by atoms with Crippen LogP contribution in [0.2, 0.25) is 0 Å². The first-order valence-corrected chi connectivity index (χ1v) is 5.61. The van der Waals surface area contributed by atoms with E-state index >= 15 is 0 Å². The molecule has 0 aliphatic heterocycles. The molecule has 1 aromatic rings. The van der Waals surface area contributed by atoms with E-state index < -0.39 is 0 Å². The molecule has 66 valence electrons. The monoisotopic (exact) mass is 202 g/mol. The van der Waals surface area contributed by atoms with Gasteiger partial charge in [0.15, 0.2) is 0 Å². The van der Waals surface area contributed by atoms with Gasteiger partial charge in [0, 0.05) is 0 Å². The Labute approximate surface area is 79.7 Å². The fraction of sp³-hybridized carbons (Fsp3) is 0.429. The van der Waals surface area contributed by atoms with Gasteiger partial charge in [0.25, 0.3) is 0 Å². The molecule has 0 atom stereocenters. The maximum absolute atomic E-state index is 11.1. The number of rotatable bonds is 3. The Kier molecular flexibility index (Phi) is 3.55. The van der Waals surface area contributed by atoms with Gasteiger partial charge in [-0.1, -0.05) is 0 Å². The maximum atomic E-state index is 11.1. The van der Waals surface area contributed by atoms with E-state index in [1.807, 2.05) is 19.2 Å². The highest BCUT2D eigenvalue weighted by atomic mass is 32.2. The van der Waals surface area contributed by atoms with E-state index in [2.05, 4.69) is 9.69 Å². The molecule has 0 aliphatic carbocycles.